The number of carbonyl (C=O) groups excluding carboxylic acids is 1. The van der Waals surface area contributed by atoms with E-state index in [1.807, 2.05) is 11.8 Å². The molecule has 4 rings (SSSR count). The molecule has 0 radical (unpaired) electrons. The van der Waals surface area contributed by atoms with E-state index in [9.17, 15) is 4.79 Å². The Balaban J connectivity index is 1.30. The van der Waals surface area contributed by atoms with Crippen LogP contribution in [-0.4, -0.2) is 57.6 Å². The molecule has 35 heavy (non-hydrogen) atoms. The molecule has 0 aromatic heterocycles. The summed E-state index contributed by atoms with van der Waals surface area (Å²) in [4.78, 5) is 16.6. The average Bonchev–Trinajstić information content (AvgIpc) is 3.23. The van der Waals surface area contributed by atoms with Crippen molar-refractivity contribution < 1.29 is 4.79 Å². The third-order valence-corrected chi connectivity index (χ3v) is 9.79. The van der Waals surface area contributed by atoms with Crippen LogP contribution in [0, 0.1) is 5.92 Å². The average molecular weight is 517 g/mol. The summed E-state index contributed by atoms with van der Waals surface area (Å²) in [7, 11) is 0. The fourth-order valence-corrected chi connectivity index (χ4v) is 7.15. The van der Waals surface area contributed by atoms with Gasteiger partial charge in [-0.25, -0.2) is 0 Å². The van der Waals surface area contributed by atoms with E-state index >= 15 is 0 Å². The highest BCUT2D eigenvalue weighted by Crippen LogP contribution is 2.33. The van der Waals surface area contributed by atoms with Crippen LogP contribution in [0.4, 0.5) is 0 Å². The minimum atomic E-state index is -0.172. The van der Waals surface area contributed by atoms with E-state index in [2.05, 4.69) is 65.0 Å². The Kier molecular flexibility index (Phi) is 9.91. The second-order valence-electron chi connectivity index (χ2n) is 11.2. The number of hydrogen-bond acceptors (Lipinski definition) is 5. The summed E-state index contributed by atoms with van der Waals surface area (Å²) in [5.41, 5.74) is 1.38. The Morgan fingerprint density at radius 3 is 2.51 bits per heavy atom. The minimum Gasteiger partial charge on any atom is -0.375 e. The Hall–Kier alpha value is -1.15. The number of nitrogens with zero attached hydrogens (tertiary/aromatic N) is 1. The van der Waals surface area contributed by atoms with E-state index in [0.717, 1.165) is 62.1 Å². The van der Waals surface area contributed by atoms with Crippen LogP contribution in [0.25, 0.3) is 0 Å². The lowest BCUT2D eigenvalue weighted by Crippen LogP contribution is -2.56. The molecule has 0 bridgehead atoms. The fraction of sp³-hybridized carbons (Fsp3) is 0.714. The second kappa shape index (κ2) is 12.9. The van der Waals surface area contributed by atoms with Crippen molar-refractivity contribution in [1.82, 2.24) is 20.9 Å². The van der Waals surface area contributed by atoms with Crippen LogP contribution in [0.5, 0.6) is 0 Å². The second-order valence-corrected chi connectivity index (χ2v) is 13.3. The lowest BCUT2D eigenvalue weighted by atomic mass is 9.85. The van der Waals surface area contributed by atoms with Gasteiger partial charge in [0.05, 0.1) is 11.0 Å². The number of nitrogens with one attached hydrogen (secondary N) is 3. The first-order chi connectivity index (χ1) is 16.9. The SMILES string of the molecule is CC1(C)SCN[C@@H]1C(=O)N[C@H](CCC1CCCCC1)C(=S)NC1CCN(Cc2ccccc2)CC1. The molecule has 2 aliphatic heterocycles. The largest absolute Gasteiger partial charge is 0.375 e. The van der Waals surface area contributed by atoms with Gasteiger partial charge in [-0.1, -0.05) is 74.7 Å². The van der Waals surface area contributed by atoms with Crippen LogP contribution in [0.1, 0.15) is 77.2 Å². The number of amides is 1. The van der Waals surface area contributed by atoms with E-state index in [0.29, 0.717) is 6.04 Å². The van der Waals surface area contributed by atoms with Crippen molar-refractivity contribution in [2.75, 3.05) is 19.0 Å². The van der Waals surface area contributed by atoms with Gasteiger partial charge in [0.15, 0.2) is 0 Å². The standard InChI is InChI=1S/C28H44N4OS2/c1-28(2)25(29-20-35-28)26(33)31-24(14-13-21-9-5-3-6-10-21)27(34)30-23-15-17-32(18-16-23)19-22-11-7-4-8-12-22/h4,7-8,11-12,21,23-25,29H,3,5-6,9-10,13-20H2,1-2H3,(H,30,34)(H,31,33)/t24-,25-/m1/s1. The molecule has 1 aliphatic carbocycles. The van der Waals surface area contributed by atoms with E-state index in [4.69, 9.17) is 12.2 Å². The highest BCUT2D eigenvalue weighted by molar-refractivity contribution is 8.00. The first-order valence-electron chi connectivity index (χ1n) is 13.6. The molecule has 2 heterocycles. The summed E-state index contributed by atoms with van der Waals surface area (Å²) in [5.74, 6) is 1.70. The normalized spacial score (nSPS) is 24.7. The molecule has 1 saturated carbocycles. The Bertz CT molecular complexity index is 820. The predicted molar refractivity (Wildman–Crippen MR) is 152 cm³/mol. The van der Waals surface area contributed by atoms with Crippen LogP contribution in [0.2, 0.25) is 0 Å². The molecule has 2 atom stereocenters. The molecule has 3 aliphatic rings. The molecule has 1 amide bonds. The topological polar surface area (TPSA) is 56.4 Å². The van der Waals surface area contributed by atoms with Crippen molar-refractivity contribution in [3.8, 4) is 0 Å². The smallest absolute Gasteiger partial charge is 0.239 e. The zero-order chi connectivity index (χ0) is 24.7. The third kappa shape index (κ3) is 7.91. The molecule has 1 aromatic carbocycles. The van der Waals surface area contributed by atoms with Gasteiger partial charge in [-0.3, -0.25) is 15.0 Å². The third-order valence-electron chi connectivity index (χ3n) is 8.09. The number of benzene rings is 1. The van der Waals surface area contributed by atoms with Crippen molar-refractivity contribution in [1.29, 1.82) is 0 Å². The number of likely N-dealkylation sites (tertiary alicyclic amines) is 1. The Morgan fingerprint density at radius 2 is 1.86 bits per heavy atom. The number of piperidine rings is 1. The van der Waals surface area contributed by atoms with E-state index in [-0.39, 0.29) is 22.7 Å². The van der Waals surface area contributed by atoms with Crippen molar-refractivity contribution in [2.24, 2.45) is 5.92 Å². The van der Waals surface area contributed by atoms with Crippen molar-refractivity contribution in [3.05, 3.63) is 35.9 Å². The fourth-order valence-electron chi connectivity index (χ4n) is 5.83. The lowest BCUT2D eigenvalue weighted by molar-refractivity contribution is -0.123. The van der Waals surface area contributed by atoms with Gasteiger partial charge in [0, 0.05) is 36.3 Å². The Morgan fingerprint density at radius 1 is 1.14 bits per heavy atom. The van der Waals surface area contributed by atoms with Crippen LogP contribution in [-0.2, 0) is 11.3 Å². The van der Waals surface area contributed by atoms with Crippen LogP contribution >= 0.6 is 24.0 Å². The van der Waals surface area contributed by atoms with E-state index in [1.165, 1.54) is 37.7 Å². The highest BCUT2D eigenvalue weighted by atomic mass is 32.2. The van der Waals surface area contributed by atoms with Crippen LogP contribution in [0.15, 0.2) is 30.3 Å². The molecule has 0 unspecified atom stereocenters. The lowest BCUT2D eigenvalue weighted by Gasteiger charge is -2.35. The first-order valence-corrected chi connectivity index (χ1v) is 15.0. The van der Waals surface area contributed by atoms with Crippen molar-refractivity contribution in [3.63, 3.8) is 0 Å². The summed E-state index contributed by atoms with van der Waals surface area (Å²) in [6, 6.07) is 10.9. The number of hydrogen-bond donors (Lipinski definition) is 3. The molecular weight excluding hydrogens is 472 g/mol. The molecule has 1 aromatic rings. The van der Waals surface area contributed by atoms with Gasteiger partial charge in [-0.05, 0) is 51.0 Å². The molecule has 7 heteroatoms. The van der Waals surface area contributed by atoms with Gasteiger partial charge >= 0.3 is 0 Å². The van der Waals surface area contributed by atoms with Crippen molar-refractivity contribution in [2.45, 2.75) is 101 Å². The number of carbonyl (C=O) groups is 1. The molecule has 3 fully saturated rings. The Labute approximate surface area is 221 Å². The van der Waals surface area contributed by atoms with Gasteiger partial charge in [-0.15, -0.1) is 11.8 Å². The maximum Gasteiger partial charge on any atom is 0.239 e. The van der Waals surface area contributed by atoms with Crippen molar-refractivity contribution >= 4 is 34.9 Å². The van der Waals surface area contributed by atoms with Gasteiger partial charge in [0.25, 0.3) is 0 Å². The molecular formula is C28H44N4OS2. The molecule has 2 saturated heterocycles. The quantitative estimate of drug-likeness (QED) is 0.408. The van der Waals surface area contributed by atoms with Crippen LogP contribution < -0.4 is 16.0 Å². The number of rotatable bonds is 9. The van der Waals surface area contributed by atoms with E-state index < -0.39 is 0 Å². The van der Waals surface area contributed by atoms with Gasteiger partial charge in [0.1, 0.15) is 6.04 Å². The molecule has 3 N–H and O–H groups in total. The zero-order valence-electron chi connectivity index (χ0n) is 21.6. The van der Waals surface area contributed by atoms with Gasteiger partial charge < -0.3 is 10.6 Å². The van der Waals surface area contributed by atoms with Crippen LogP contribution in [0.3, 0.4) is 0 Å². The molecule has 0 spiro atoms. The number of thioether (sulfide) groups is 1. The summed E-state index contributed by atoms with van der Waals surface area (Å²) < 4.78 is -0.0986. The molecule has 194 valence electrons. The summed E-state index contributed by atoms with van der Waals surface area (Å²) in [5, 5.41) is 10.4. The maximum atomic E-state index is 13.3. The van der Waals surface area contributed by atoms with E-state index in [1.54, 1.807) is 0 Å². The van der Waals surface area contributed by atoms with Gasteiger partial charge in [0.2, 0.25) is 5.91 Å². The number of thiocarbonyl (C=S) groups is 1. The summed E-state index contributed by atoms with van der Waals surface area (Å²) in [6.45, 7) is 7.47. The predicted octanol–water partition coefficient (Wildman–Crippen LogP) is 4.85. The summed E-state index contributed by atoms with van der Waals surface area (Å²) in [6.07, 6.45) is 11.0. The summed E-state index contributed by atoms with van der Waals surface area (Å²) >= 11 is 7.75. The van der Waals surface area contributed by atoms with Gasteiger partial charge in [-0.2, -0.15) is 0 Å². The highest BCUT2D eigenvalue weighted by Gasteiger charge is 2.41. The molecule has 5 nitrogen and oxygen atoms in total. The minimum absolute atomic E-state index is 0.0787. The zero-order valence-corrected chi connectivity index (χ0v) is 23.2. The monoisotopic (exact) mass is 516 g/mol. The first kappa shape index (κ1) is 26.9. The maximum absolute atomic E-state index is 13.3.